The fourth-order valence-corrected chi connectivity index (χ4v) is 5.68. The van der Waals surface area contributed by atoms with Crippen LogP contribution in [0.3, 0.4) is 0 Å². The molecule has 3 N–H and O–H groups in total. The van der Waals surface area contributed by atoms with Gasteiger partial charge in [0.05, 0.1) is 18.8 Å². The second-order valence-corrected chi connectivity index (χ2v) is 14.0. The van der Waals surface area contributed by atoms with E-state index in [1.165, 1.54) is 38.5 Å². The van der Waals surface area contributed by atoms with Gasteiger partial charge in [0.25, 0.3) is 0 Å². The minimum absolute atomic E-state index is 0.0590. The molecule has 4 heteroatoms. The summed E-state index contributed by atoms with van der Waals surface area (Å²) in [5, 5.41) is 22.5. The fourth-order valence-electron chi connectivity index (χ4n) is 5.68. The highest BCUT2D eigenvalue weighted by molar-refractivity contribution is 5.76. The molecule has 2 unspecified atom stereocenters. The summed E-state index contributed by atoms with van der Waals surface area (Å²) < 4.78 is 0. The van der Waals surface area contributed by atoms with Crippen LogP contribution >= 0.6 is 0 Å². The van der Waals surface area contributed by atoms with E-state index in [9.17, 15) is 15.0 Å². The van der Waals surface area contributed by atoms with Crippen molar-refractivity contribution in [1.82, 2.24) is 5.32 Å². The van der Waals surface area contributed by atoms with Gasteiger partial charge in [-0.05, 0) is 89.9 Å². The number of hydrogen-bond acceptors (Lipinski definition) is 3. The second kappa shape index (κ2) is 44.2. The lowest BCUT2D eigenvalue weighted by molar-refractivity contribution is -0.123. The molecule has 0 aliphatic rings. The van der Waals surface area contributed by atoms with E-state index in [0.29, 0.717) is 12.8 Å². The molecule has 2 atom stereocenters. The Bertz CT molecular complexity index is 1120. The Morgan fingerprint density at radius 2 is 0.815 bits per heavy atom. The molecule has 0 aliphatic carbocycles. The minimum Gasteiger partial charge on any atom is -0.394 e. The van der Waals surface area contributed by atoms with Crippen LogP contribution in [0.1, 0.15) is 168 Å². The van der Waals surface area contributed by atoms with E-state index in [-0.39, 0.29) is 12.5 Å². The van der Waals surface area contributed by atoms with Gasteiger partial charge in [0.1, 0.15) is 0 Å². The summed E-state index contributed by atoms with van der Waals surface area (Å²) >= 11 is 0. The first-order chi connectivity index (χ1) is 26.7. The molecule has 1 amide bonds. The highest BCUT2D eigenvalue weighted by atomic mass is 16.3. The third kappa shape index (κ3) is 40.0. The summed E-state index contributed by atoms with van der Waals surface area (Å²) in [7, 11) is 0. The van der Waals surface area contributed by atoms with Gasteiger partial charge < -0.3 is 15.5 Å². The first-order valence-electron chi connectivity index (χ1n) is 21.7. The van der Waals surface area contributed by atoms with Gasteiger partial charge in [-0.3, -0.25) is 4.79 Å². The second-order valence-electron chi connectivity index (χ2n) is 14.0. The molecule has 0 aliphatic heterocycles. The summed E-state index contributed by atoms with van der Waals surface area (Å²) in [6.07, 6.45) is 69.1. The maximum absolute atomic E-state index is 12.2. The van der Waals surface area contributed by atoms with Crippen LogP contribution in [0, 0.1) is 0 Å². The van der Waals surface area contributed by atoms with E-state index in [0.717, 1.165) is 103 Å². The van der Waals surface area contributed by atoms with Gasteiger partial charge in [-0.15, -0.1) is 0 Å². The number of rotatable bonds is 37. The Balaban J connectivity index is 3.59. The van der Waals surface area contributed by atoms with Crippen molar-refractivity contribution in [2.45, 2.75) is 180 Å². The predicted molar refractivity (Wildman–Crippen MR) is 239 cm³/mol. The summed E-state index contributed by atoms with van der Waals surface area (Å²) in [5.74, 6) is -0.0590. The monoisotopic (exact) mass is 744 g/mol. The van der Waals surface area contributed by atoms with Crippen molar-refractivity contribution < 1.29 is 15.0 Å². The Labute approximate surface area is 333 Å². The Hall–Kier alpha value is -3.21. The molecule has 0 rings (SSSR count). The number of allylic oxidation sites excluding steroid dienone is 20. The number of aliphatic hydroxyl groups is 2. The van der Waals surface area contributed by atoms with Gasteiger partial charge in [0.2, 0.25) is 5.91 Å². The molecule has 0 bridgehead atoms. The van der Waals surface area contributed by atoms with Crippen LogP contribution in [0.2, 0.25) is 0 Å². The van der Waals surface area contributed by atoms with Crippen LogP contribution in [0.15, 0.2) is 122 Å². The predicted octanol–water partition coefficient (Wildman–Crippen LogP) is 13.8. The Morgan fingerprint density at radius 3 is 1.19 bits per heavy atom. The largest absolute Gasteiger partial charge is 0.394 e. The summed E-state index contributed by atoms with van der Waals surface area (Å²) in [4.78, 5) is 12.2. The smallest absolute Gasteiger partial charge is 0.220 e. The Morgan fingerprint density at radius 1 is 0.463 bits per heavy atom. The average Bonchev–Trinajstić information content (AvgIpc) is 3.17. The molecule has 54 heavy (non-hydrogen) atoms. The van der Waals surface area contributed by atoms with Crippen molar-refractivity contribution in [1.29, 1.82) is 0 Å². The quantitative estimate of drug-likeness (QED) is 0.0438. The van der Waals surface area contributed by atoms with E-state index >= 15 is 0 Å². The van der Waals surface area contributed by atoms with Crippen LogP contribution in [0.25, 0.3) is 0 Å². The standard InChI is InChI=1S/C50H81NO3/c1-3-5-7-8-9-10-11-12-13-14-15-16-17-18-19-20-21-22-23-24-25-26-27-28-29-30-31-32-33-34-35-36-37-38-39-40-41-42-44-46-50(54)51-48(47-52)49(53)45-43-6-4-2/h5,7,9-10,12-13,15-16,18-19,21-22,24-25,27-28,30-31,33-34,48-49,52-53H,3-4,6,8,11,14,17,20,23,26,29,32,35-47H2,1-2H3,(H,51,54)/b7-5-,10-9-,13-12-,16-15-,19-18-,22-21-,25-24-,28-27-,31-30-,34-33-. The van der Waals surface area contributed by atoms with Gasteiger partial charge in [-0.2, -0.15) is 0 Å². The van der Waals surface area contributed by atoms with Crippen molar-refractivity contribution in [2.75, 3.05) is 6.61 Å². The number of carbonyl (C=O) groups excluding carboxylic acids is 1. The lowest BCUT2D eigenvalue weighted by Gasteiger charge is -2.22. The lowest BCUT2D eigenvalue weighted by atomic mass is 10.0. The van der Waals surface area contributed by atoms with Gasteiger partial charge in [0.15, 0.2) is 0 Å². The van der Waals surface area contributed by atoms with Gasteiger partial charge >= 0.3 is 0 Å². The van der Waals surface area contributed by atoms with E-state index in [1.807, 2.05) is 0 Å². The topological polar surface area (TPSA) is 69.6 Å². The zero-order valence-electron chi connectivity index (χ0n) is 34.7. The van der Waals surface area contributed by atoms with Crippen LogP contribution in [-0.2, 0) is 4.79 Å². The maximum atomic E-state index is 12.2. The van der Waals surface area contributed by atoms with Crippen molar-refractivity contribution in [3.63, 3.8) is 0 Å². The van der Waals surface area contributed by atoms with E-state index in [4.69, 9.17) is 0 Å². The Kier molecular flexibility index (Phi) is 41.6. The summed E-state index contributed by atoms with van der Waals surface area (Å²) in [6.45, 7) is 4.07. The van der Waals surface area contributed by atoms with Crippen molar-refractivity contribution in [3.05, 3.63) is 122 Å². The lowest BCUT2D eigenvalue weighted by Crippen LogP contribution is -2.45. The first kappa shape index (κ1) is 50.8. The van der Waals surface area contributed by atoms with Crippen molar-refractivity contribution >= 4 is 5.91 Å². The van der Waals surface area contributed by atoms with Crippen LogP contribution in [0.5, 0.6) is 0 Å². The first-order valence-corrected chi connectivity index (χ1v) is 21.7. The van der Waals surface area contributed by atoms with E-state index < -0.39 is 12.1 Å². The number of carbonyl (C=O) groups is 1. The van der Waals surface area contributed by atoms with Crippen LogP contribution in [0.4, 0.5) is 0 Å². The summed E-state index contributed by atoms with van der Waals surface area (Å²) in [5.41, 5.74) is 0. The normalized spacial score (nSPS) is 14.2. The van der Waals surface area contributed by atoms with E-state index in [2.05, 4.69) is 141 Å². The molecule has 0 saturated heterocycles. The third-order valence-corrected chi connectivity index (χ3v) is 8.99. The maximum Gasteiger partial charge on any atom is 0.220 e. The number of aliphatic hydroxyl groups excluding tert-OH is 2. The van der Waals surface area contributed by atoms with Crippen LogP contribution in [-0.4, -0.2) is 34.9 Å². The highest BCUT2D eigenvalue weighted by Crippen LogP contribution is 2.12. The molecule has 0 aromatic heterocycles. The SMILES string of the molecule is CC/C=C\C/C=C\C/C=C\C/C=C\C/C=C\C/C=C\C/C=C\C/C=C\C/C=C\C/C=C\CCCCCCCCCCC(=O)NC(CO)C(O)CCCCC. The summed E-state index contributed by atoms with van der Waals surface area (Å²) in [6, 6.07) is -0.544. The highest BCUT2D eigenvalue weighted by Gasteiger charge is 2.19. The fraction of sp³-hybridized carbons (Fsp3) is 0.580. The molecule has 304 valence electrons. The van der Waals surface area contributed by atoms with Gasteiger partial charge in [-0.1, -0.05) is 193 Å². The number of hydrogen-bond donors (Lipinski definition) is 3. The zero-order chi connectivity index (χ0) is 39.3. The van der Waals surface area contributed by atoms with Crippen molar-refractivity contribution in [2.24, 2.45) is 0 Å². The molecule has 0 aromatic rings. The number of nitrogens with one attached hydrogen (secondary N) is 1. The number of amides is 1. The average molecular weight is 744 g/mol. The molecule has 0 saturated carbocycles. The molecule has 0 aromatic carbocycles. The molecule has 0 heterocycles. The third-order valence-electron chi connectivity index (χ3n) is 8.99. The molecular weight excluding hydrogens is 663 g/mol. The van der Waals surface area contributed by atoms with E-state index in [1.54, 1.807) is 0 Å². The molecule has 0 spiro atoms. The zero-order valence-corrected chi connectivity index (χ0v) is 34.7. The molecular formula is C50H81NO3. The minimum atomic E-state index is -0.666. The van der Waals surface area contributed by atoms with Gasteiger partial charge in [-0.25, -0.2) is 0 Å². The number of unbranched alkanes of at least 4 members (excludes halogenated alkanes) is 10. The van der Waals surface area contributed by atoms with Crippen molar-refractivity contribution in [3.8, 4) is 0 Å². The van der Waals surface area contributed by atoms with Crippen LogP contribution < -0.4 is 5.32 Å². The molecule has 0 radical (unpaired) electrons. The van der Waals surface area contributed by atoms with Gasteiger partial charge in [0, 0.05) is 6.42 Å². The molecule has 0 fully saturated rings. The molecule has 4 nitrogen and oxygen atoms in total.